The average Bonchev–Trinajstić information content (AvgIpc) is 3.52. The Labute approximate surface area is 224 Å². The number of ether oxygens (including phenoxy) is 1. The summed E-state index contributed by atoms with van der Waals surface area (Å²) in [6, 6.07) is 3.49. The molecule has 0 saturated carbocycles. The van der Waals surface area contributed by atoms with E-state index in [0.29, 0.717) is 44.9 Å². The number of nitrogens with zero attached hydrogens (tertiary/aromatic N) is 7. The Bertz CT molecular complexity index is 1290. The largest absolute Gasteiger partial charge is 0.377 e. The molecule has 0 bridgehead atoms. The molecule has 0 radical (unpaired) electrons. The van der Waals surface area contributed by atoms with Crippen LogP contribution < -0.4 is 9.62 Å². The molecule has 16 heteroatoms. The van der Waals surface area contributed by atoms with Gasteiger partial charge in [0.05, 0.1) is 37.0 Å². The van der Waals surface area contributed by atoms with E-state index in [-0.39, 0.29) is 15.7 Å². The van der Waals surface area contributed by atoms with E-state index in [1.165, 1.54) is 23.7 Å². The number of urea groups is 1. The van der Waals surface area contributed by atoms with Crippen molar-refractivity contribution in [3.8, 4) is 5.13 Å². The van der Waals surface area contributed by atoms with Crippen LogP contribution >= 0.6 is 23.3 Å². The maximum Gasteiger partial charge on any atom is 0.320 e. The molecule has 0 aliphatic carbocycles. The topological polar surface area (TPSA) is 91.7 Å². The fraction of sp³-hybridized carbons (Fsp3) is 0.545. The molecule has 2 aliphatic rings. The van der Waals surface area contributed by atoms with Crippen LogP contribution in [0.25, 0.3) is 16.0 Å². The molecule has 0 atom stereocenters. The summed E-state index contributed by atoms with van der Waals surface area (Å²) >= 11 is 2.21. The van der Waals surface area contributed by atoms with Crippen molar-refractivity contribution in [1.82, 2.24) is 34.5 Å². The Morgan fingerprint density at radius 1 is 1.21 bits per heavy atom. The van der Waals surface area contributed by atoms with Gasteiger partial charge in [-0.15, -0.1) is 10.2 Å². The highest BCUT2D eigenvalue weighted by Gasteiger charge is 2.33. The first-order valence-electron chi connectivity index (χ1n) is 11.8. The first-order valence-corrected chi connectivity index (χ1v) is 13.5. The number of piperazine rings is 1. The van der Waals surface area contributed by atoms with E-state index in [4.69, 9.17) is 4.74 Å². The van der Waals surface area contributed by atoms with Crippen molar-refractivity contribution in [2.75, 3.05) is 57.9 Å². The molecule has 2 aromatic heterocycles. The molecule has 5 rings (SSSR count). The maximum absolute atomic E-state index is 13.1. The number of carbonyl (C=O) groups excluding carboxylic acids is 1. The van der Waals surface area contributed by atoms with Gasteiger partial charge in [0.1, 0.15) is 0 Å². The molecule has 0 spiro atoms. The van der Waals surface area contributed by atoms with Crippen molar-refractivity contribution in [3.63, 3.8) is 0 Å². The van der Waals surface area contributed by atoms with Crippen molar-refractivity contribution in [1.29, 1.82) is 0 Å². The van der Waals surface area contributed by atoms with Crippen molar-refractivity contribution in [3.05, 3.63) is 23.3 Å². The Morgan fingerprint density at radius 3 is 2.55 bits per heavy atom. The number of alkyl halides is 4. The van der Waals surface area contributed by atoms with Gasteiger partial charge in [-0.05, 0) is 31.0 Å². The van der Waals surface area contributed by atoms with E-state index < -0.39 is 25.4 Å². The highest BCUT2D eigenvalue weighted by Crippen LogP contribution is 2.36. The number of halogens is 4. The summed E-state index contributed by atoms with van der Waals surface area (Å²) < 4.78 is 62.0. The van der Waals surface area contributed by atoms with Crippen molar-refractivity contribution in [2.45, 2.75) is 30.2 Å². The van der Waals surface area contributed by atoms with Crippen molar-refractivity contribution >= 4 is 45.9 Å². The average molecular weight is 575 g/mol. The number of rotatable bonds is 8. The van der Waals surface area contributed by atoms with Crippen LogP contribution in [0.15, 0.2) is 23.2 Å². The minimum Gasteiger partial charge on any atom is -0.377 e. The lowest BCUT2D eigenvalue weighted by atomic mass is 10.0. The fourth-order valence-electron chi connectivity index (χ4n) is 4.27. The molecule has 1 N–H and O–H groups in total. The lowest BCUT2D eigenvalue weighted by molar-refractivity contribution is -0.0510. The highest BCUT2D eigenvalue weighted by molar-refractivity contribution is 7.97. The molecule has 38 heavy (non-hydrogen) atoms. The van der Waals surface area contributed by atoms with Gasteiger partial charge in [-0.1, -0.05) is 11.3 Å². The summed E-state index contributed by atoms with van der Waals surface area (Å²) in [5, 5.41) is 12.6. The molecule has 0 unspecified atom stereocenters. The molecule has 4 heterocycles. The number of amides is 2. The Kier molecular flexibility index (Phi) is 7.66. The lowest BCUT2D eigenvalue weighted by Gasteiger charge is -2.39. The Hall–Kier alpha value is -2.69. The minimum absolute atomic E-state index is 0.165. The van der Waals surface area contributed by atoms with Gasteiger partial charge in [0.2, 0.25) is 5.13 Å². The number of hydrogen-bond donors (Lipinski definition) is 1. The summed E-state index contributed by atoms with van der Waals surface area (Å²) in [5.41, 5.74) is 1.37. The van der Waals surface area contributed by atoms with Gasteiger partial charge in [-0.3, -0.25) is 0 Å². The van der Waals surface area contributed by atoms with Crippen molar-refractivity contribution < 1.29 is 27.1 Å². The Balaban J connectivity index is 1.42. The monoisotopic (exact) mass is 574 g/mol. The standard InChI is InChI=1S/C22H26F4N8O2S2/c1-22(11-36-12-22)30-38-13-7-15(32-3-5-33(6-4-32)21(35)31(2)10-17(23)24)14-9-27-34(16(14)8-13)20-29-28-19(37-20)18(25)26/h7-9,17-18,30H,3-6,10-12H2,1-2H3. The summed E-state index contributed by atoms with van der Waals surface area (Å²) in [5.74, 6) is 0. The third-order valence-corrected chi connectivity index (χ3v) is 8.30. The fourth-order valence-corrected chi connectivity index (χ4v) is 5.77. The second-order valence-corrected chi connectivity index (χ2v) is 11.3. The van der Waals surface area contributed by atoms with Crippen LogP contribution in [-0.4, -0.2) is 101 Å². The van der Waals surface area contributed by atoms with Gasteiger partial charge in [-0.25, -0.2) is 31.8 Å². The minimum atomic E-state index is -2.72. The van der Waals surface area contributed by atoms with E-state index in [1.807, 2.05) is 12.1 Å². The van der Waals surface area contributed by atoms with Crippen LogP contribution in [0.5, 0.6) is 0 Å². The SMILES string of the molecule is CN(CC(F)F)C(=O)N1CCN(c2cc(SNC3(C)COC3)cc3c2cnn3-c2nnc(C(F)F)s2)CC1. The number of benzene rings is 1. The quantitative estimate of drug-likeness (QED) is 0.322. The number of nitrogens with one attached hydrogen (secondary N) is 1. The van der Waals surface area contributed by atoms with E-state index in [0.717, 1.165) is 32.2 Å². The first-order chi connectivity index (χ1) is 18.1. The molecule has 2 fully saturated rings. The van der Waals surface area contributed by atoms with Gasteiger partial charge >= 0.3 is 6.03 Å². The predicted molar refractivity (Wildman–Crippen MR) is 136 cm³/mol. The second-order valence-electron chi connectivity index (χ2n) is 9.44. The number of fused-ring (bicyclic) bond motifs is 1. The number of hydrogen-bond acceptors (Lipinski definition) is 9. The summed E-state index contributed by atoms with van der Waals surface area (Å²) in [4.78, 5) is 18.1. The van der Waals surface area contributed by atoms with Gasteiger partial charge in [0.25, 0.3) is 12.9 Å². The second kappa shape index (κ2) is 10.8. The van der Waals surface area contributed by atoms with Crippen molar-refractivity contribution in [2.24, 2.45) is 0 Å². The molecule has 2 amide bonds. The molecule has 2 aliphatic heterocycles. The smallest absolute Gasteiger partial charge is 0.320 e. The maximum atomic E-state index is 13.1. The first kappa shape index (κ1) is 26.9. The summed E-state index contributed by atoms with van der Waals surface area (Å²) in [7, 11) is 1.37. The molecule has 3 aromatic rings. The van der Waals surface area contributed by atoms with Gasteiger partial charge in [0, 0.05) is 49.2 Å². The van der Waals surface area contributed by atoms with Crippen LogP contribution in [0.1, 0.15) is 18.4 Å². The molecule has 1 aromatic carbocycles. The zero-order valence-corrected chi connectivity index (χ0v) is 22.2. The van der Waals surface area contributed by atoms with Gasteiger partial charge in [-0.2, -0.15) is 5.10 Å². The zero-order chi connectivity index (χ0) is 27.0. The van der Waals surface area contributed by atoms with Crippen LogP contribution in [0.4, 0.5) is 28.0 Å². The van der Waals surface area contributed by atoms with E-state index >= 15 is 0 Å². The molecular weight excluding hydrogens is 548 g/mol. The summed E-state index contributed by atoms with van der Waals surface area (Å²) in [6.07, 6.45) is -3.66. The normalized spacial score (nSPS) is 17.5. The number of aromatic nitrogens is 4. The predicted octanol–water partition coefficient (Wildman–Crippen LogP) is 3.64. The number of anilines is 1. The van der Waals surface area contributed by atoms with Crippen LogP contribution in [0, 0.1) is 0 Å². The third kappa shape index (κ3) is 5.53. The van der Waals surface area contributed by atoms with E-state index in [1.54, 1.807) is 11.1 Å². The summed E-state index contributed by atoms with van der Waals surface area (Å²) in [6.45, 7) is 4.30. The van der Waals surface area contributed by atoms with E-state index in [2.05, 4.69) is 31.8 Å². The Morgan fingerprint density at radius 2 is 1.95 bits per heavy atom. The van der Waals surface area contributed by atoms with Gasteiger partial charge in [0.15, 0.2) is 5.01 Å². The van der Waals surface area contributed by atoms with Crippen LogP contribution in [0.3, 0.4) is 0 Å². The van der Waals surface area contributed by atoms with E-state index in [9.17, 15) is 22.4 Å². The molecule has 2 saturated heterocycles. The molecule has 206 valence electrons. The number of carbonyl (C=O) groups is 1. The lowest BCUT2D eigenvalue weighted by Crippen LogP contribution is -2.55. The van der Waals surface area contributed by atoms with Gasteiger partial charge < -0.3 is 19.4 Å². The van der Waals surface area contributed by atoms with Crippen LogP contribution in [0.2, 0.25) is 0 Å². The van der Waals surface area contributed by atoms with Crippen LogP contribution in [-0.2, 0) is 4.74 Å². The third-order valence-electron chi connectivity index (χ3n) is 6.32. The zero-order valence-electron chi connectivity index (χ0n) is 20.6. The highest BCUT2D eigenvalue weighted by atomic mass is 32.2. The molecule has 10 nitrogen and oxygen atoms in total. The molecular formula is C22H26F4N8O2S2.